The lowest BCUT2D eigenvalue weighted by Crippen LogP contribution is -1.91. The molecule has 0 aliphatic heterocycles. The van der Waals surface area contributed by atoms with Crippen molar-refractivity contribution in [1.29, 1.82) is 0 Å². The molecule has 0 amide bonds. The Labute approximate surface area is 183 Å². The number of hydrogen-bond acceptors (Lipinski definition) is 4. The molecule has 0 aliphatic rings. The Hall–Kier alpha value is -3.54. The predicted octanol–water partition coefficient (Wildman–Crippen LogP) is 7.77. The minimum absolute atomic E-state index is 0.987. The molecule has 0 fully saturated rings. The van der Waals surface area contributed by atoms with E-state index >= 15 is 0 Å². The van der Waals surface area contributed by atoms with Crippen molar-refractivity contribution in [2.75, 3.05) is 0 Å². The van der Waals surface area contributed by atoms with Crippen LogP contribution in [0.2, 0.25) is 0 Å². The van der Waals surface area contributed by atoms with Gasteiger partial charge < -0.3 is 0 Å². The number of benzene rings is 3. The molecule has 0 saturated heterocycles. The van der Waals surface area contributed by atoms with E-state index in [1.165, 1.54) is 51.2 Å². The third kappa shape index (κ3) is 1.93. The normalized spacial score (nSPS) is 12.5. The highest BCUT2D eigenvalue weighted by atomic mass is 32.1. The van der Waals surface area contributed by atoms with Crippen LogP contribution in [-0.4, -0.2) is 14.4 Å². The van der Waals surface area contributed by atoms with Crippen molar-refractivity contribution in [2.24, 2.45) is 0 Å². The minimum atomic E-state index is 0.987. The molecule has 5 heterocycles. The highest BCUT2D eigenvalue weighted by Gasteiger charge is 2.17. The van der Waals surface area contributed by atoms with Gasteiger partial charge in [0.05, 0.1) is 10.2 Å². The van der Waals surface area contributed by atoms with E-state index < -0.39 is 0 Å². The summed E-state index contributed by atoms with van der Waals surface area (Å²) < 4.78 is 7.63. The van der Waals surface area contributed by atoms with E-state index in [0.717, 1.165) is 16.4 Å². The first-order valence-electron chi connectivity index (χ1n) is 10.2. The maximum absolute atomic E-state index is 4.68. The number of fused-ring (bicyclic) bond motifs is 14. The maximum Gasteiger partial charge on any atom is 0.145 e. The lowest BCUT2D eigenvalue weighted by molar-refractivity contribution is 1.28. The van der Waals surface area contributed by atoms with Crippen molar-refractivity contribution >= 4 is 90.3 Å². The summed E-state index contributed by atoms with van der Waals surface area (Å²) in [5.74, 6) is 0. The number of pyridine rings is 2. The lowest BCUT2D eigenvalue weighted by Gasteiger charge is -2.08. The van der Waals surface area contributed by atoms with E-state index in [-0.39, 0.29) is 0 Å². The summed E-state index contributed by atoms with van der Waals surface area (Å²) in [6.45, 7) is 0. The Morgan fingerprint density at radius 1 is 0.645 bits per heavy atom. The van der Waals surface area contributed by atoms with Crippen molar-refractivity contribution < 1.29 is 0 Å². The SMILES string of the molecule is c1ccc2c(c1)sc1ccc3c4ccc5c6cnccc6c6nccn6c5c4sc3c12. The summed E-state index contributed by atoms with van der Waals surface area (Å²) in [6, 6.07) is 19.9. The number of thiophene rings is 2. The molecule has 0 bridgehead atoms. The Kier molecular flexibility index (Phi) is 2.91. The Morgan fingerprint density at radius 2 is 1.52 bits per heavy atom. The van der Waals surface area contributed by atoms with Crippen molar-refractivity contribution in [3.63, 3.8) is 0 Å². The summed E-state index contributed by atoms with van der Waals surface area (Å²) >= 11 is 3.78. The number of rotatable bonds is 0. The molecule has 0 aliphatic carbocycles. The first-order valence-corrected chi connectivity index (χ1v) is 11.8. The van der Waals surface area contributed by atoms with Gasteiger partial charge in [0, 0.05) is 76.6 Å². The van der Waals surface area contributed by atoms with E-state index in [1.807, 2.05) is 41.3 Å². The molecular formula is C26H13N3S2. The summed E-state index contributed by atoms with van der Waals surface area (Å²) in [5, 5.41) is 8.89. The van der Waals surface area contributed by atoms with Crippen molar-refractivity contribution in [3.05, 3.63) is 79.4 Å². The first kappa shape index (κ1) is 16.2. The highest BCUT2D eigenvalue weighted by Crippen LogP contribution is 2.46. The van der Waals surface area contributed by atoms with E-state index in [4.69, 9.17) is 0 Å². The van der Waals surface area contributed by atoms with Crippen LogP contribution in [0.4, 0.5) is 0 Å². The molecule has 5 heteroatoms. The van der Waals surface area contributed by atoms with Crippen LogP contribution < -0.4 is 0 Å². The summed E-state index contributed by atoms with van der Waals surface area (Å²) in [4.78, 5) is 9.09. The fourth-order valence-corrected chi connectivity index (χ4v) is 7.62. The van der Waals surface area contributed by atoms with Crippen LogP contribution in [0.15, 0.2) is 79.4 Å². The molecule has 8 rings (SSSR count). The monoisotopic (exact) mass is 431 g/mol. The number of imidazole rings is 1. The molecule has 3 nitrogen and oxygen atoms in total. The molecule has 3 aromatic carbocycles. The predicted molar refractivity (Wildman–Crippen MR) is 134 cm³/mol. The van der Waals surface area contributed by atoms with Gasteiger partial charge in [-0.05, 0) is 18.2 Å². The number of hydrogen-bond donors (Lipinski definition) is 0. The number of aromatic nitrogens is 3. The van der Waals surface area contributed by atoms with Crippen molar-refractivity contribution in [2.45, 2.75) is 0 Å². The van der Waals surface area contributed by atoms with Gasteiger partial charge in [-0.3, -0.25) is 9.38 Å². The molecule has 144 valence electrons. The maximum atomic E-state index is 4.68. The Bertz CT molecular complexity index is 2010. The quantitative estimate of drug-likeness (QED) is 0.230. The Morgan fingerprint density at radius 3 is 2.52 bits per heavy atom. The average Bonchev–Trinajstić information content (AvgIpc) is 3.53. The fourth-order valence-electron chi connectivity index (χ4n) is 5.04. The topological polar surface area (TPSA) is 30.2 Å². The van der Waals surface area contributed by atoms with Crippen molar-refractivity contribution in [3.8, 4) is 0 Å². The molecule has 0 atom stereocenters. The zero-order valence-electron chi connectivity index (χ0n) is 16.2. The van der Waals surface area contributed by atoms with Gasteiger partial charge in [0.25, 0.3) is 0 Å². The third-order valence-electron chi connectivity index (χ3n) is 6.36. The summed E-state index contributed by atoms with van der Waals surface area (Å²) in [5.41, 5.74) is 2.21. The molecule has 0 saturated carbocycles. The molecule has 0 spiro atoms. The van der Waals surface area contributed by atoms with Crippen molar-refractivity contribution in [1.82, 2.24) is 14.4 Å². The van der Waals surface area contributed by atoms with Crippen LogP contribution >= 0.6 is 22.7 Å². The lowest BCUT2D eigenvalue weighted by atomic mass is 10.0. The largest absolute Gasteiger partial charge is 0.298 e. The van der Waals surface area contributed by atoms with E-state index in [1.54, 1.807) is 0 Å². The van der Waals surface area contributed by atoms with Gasteiger partial charge in [0.2, 0.25) is 0 Å². The van der Waals surface area contributed by atoms with Crippen LogP contribution in [0, 0.1) is 0 Å². The van der Waals surface area contributed by atoms with Crippen LogP contribution in [0.3, 0.4) is 0 Å². The van der Waals surface area contributed by atoms with Gasteiger partial charge in [0.15, 0.2) is 0 Å². The molecular weight excluding hydrogens is 418 g/mol. The van der Waals surface area contributed by atoms with Gasteiger partial charge in [-0.1, -0.05) is 36.4 Å². The molecule has 0 radical (unpaired) electrons. The molecule has 8 aromatic rings. The van der Waals surface area contributed by atoms with E-state index in [9.17, 15) is 0 Å². The third-order valence-corrected chi connectivity index (χ3v) is 8.74. The highest BCUT2D eigenvalue weighted by molar-refractivity contribution is 7.30. The average molecular weight is 432 g/mol. The van der Waals surface area contributed by atoms with Gasteiger partial charge >= 0.3 is 0 Å². The second-order valence-corrected chi connectivity index (χ2v) is 10.0. The smallest absolute Gasteiger partial charge is 0.145 e. The van der Waals surface area contributed by atoms with Crippen LogP contribution in [0.1, 0.15) is 0 Å². The fraction of sp³-hybridized carbons (Fsp3) is 0. The molecule has 31 heavy (non-hydrogen) atoms. The van der Waals surface area contributed by atoms with Gasteiger partial charge in [-0.25, -0.2) is 4.98 Å². The van der Waals surface area contributed by atoms with Gasteiger partial charge in [0.1, 0.15) is 5.65 Å². The van der Waals surface area contributed by atoms with E-state index in [0.29, 0.717) is 0 Å². The minimum Gasteiger partial charge on any atom is -0.298 e. The second-order valence-electron chi connectivity index (χ2n) is 7.90. The first-order chi connectivity index (χ1) is 15.4. The number of nitrogens with zero attached hydrogens (tertiary/aromatic N) is 3. The Balaban J connectivity index is 1.68. The zero-order valence-corrected chi connectivity index (χ0v) is 17.8. The van der Waals surface area contributed by atoms with Crippen LogP contribution in [0.25, 0.3) is 67.7 Å². The summed E-state index contributed by atoms with van der Waals surface area (Å²) in [6.07, 6.45) is 7.79. The summed E-state index contributed by atoms with van der Waals surface area (Å²) in [7, 11) is 0. The van der Waals surface area contributed by atoms with Gasteiger partial charge in [-0.15, -0.1) is 22.7 Å². The van der Waals surface area contributed by atoms with Crippen LogP contribution in [-0.2, 0) is 0 Å². The molecule has 0 N–H and O–H groups in total. The molecule has 0 unspecified atom stereocenters. The molecule has 5 aromatic heterocycles. The van der Waals surface area contributed by atoms with Gasteiger partial charge in [-0.2, -0.15) is 0 Å². The van der Waals surface area contributed by atoms with Crippen LogP contribution in [0.5, 0.6) is 0 Å². The zero-order chi connectivity index (χ0) is 20.1. The second kappa shape index (κ2) is 5.58. The standard InChI is InChI=1S/C26H13N3S2/c1-2-4-20-18(3-1)22-21(30-20)8-7-15-16-6-5-14-19-13-27-10-9-17(19)26-28-11-12-29(26)23(14)25(16)31-24(15)22/h1-13H. The van der Waals surface area contributed by atoms with E-state index in [2.05, 4.69) is 75.2 Å².